The Kier molecular flexibility index (Phi) is 3.80. The summed E-state index contributed by atoms with van der Waals surface area (Å²) >= 11 is 7.49. The molecular formula is C12H11ClN4S. The molecule has 0 bridgehead atoms. The van der Waals surface area contributed by atoms with E-state index in [1.165, 1.54) is 4.88 Å². The van der Waals surface area contributed by atoms with E-state index in [0.717, 1.165) is 10.7 Å². The lowest BCUT2D eigenvalue weighted by atomic mass is 10.3. The average molecular weight is 279 g/mol. The van der Waals surface area contributed by atoms with Crippen molar-refractivity contribution in [2.75, 3.05) is 5.32 Å². The van der Waals surface area contributed by atoms with Crippen LogP contribution in [0, 0.1) is 25.2 Å². The Balaban J connectivity index is 2.11. The lowest BCUT2D eigenvalue weighted by Crippen LogP contribution is -2.03. The third-order valence-electron chi connectivity index (χ3n) is 2.39. The molecule has 0 aliphatic carbocycles. The second-order valence-electron chi connectivity index (χ2n) is 3.73. The maximum absolute atomic E-state index is 8.84. The van der Waals surface area contributed by atoms with Gasteiger partial charge >= 0.3 is 0 Å². The topological polar surface area (TPSA) is 61.6 Å². The maximum atomic E-state index is 8.84. The molecule has 0 atom stereocenters. The second kappa shape index (κ2) is 5.34. The summed E-state index contributed by atoms with van der Waals surface area (Å²) in [5.41, 5.74) is 1.24. The minimum atomic E-state index is 0.229. The van der Waals surface area contributed by atoms with E-state index in [2.05, 4.69) is 15.3 Å². The molecule has 0 fully saturated rings. The zero-order valence-electron chi connectivity index (χ0n) is 9.99. The number of aromatic nitrogens is 2. The van der Waals surface area contributed by atoms with Crippen molar-refractivity contribution in [1.29, 1.82) is 5.26 Å². The summed E-state index contributed by atoms with van der Waals surface area (Å²) in [5.74, 6) is 0.626. The average Bonchev–Trinajstić information content (AvgIpc) is 2.67. The molecule has 6 heteroatoms. The van der Waals surface area contributed by atoms with Crippen molar-refractivity contribution >= 4 is 28.8 Å². The Hall–Kier alpha value is -1.64. The highest BCUT2D eigenvalue weighted by Crippen LogP contribution is 2.19. The number of thiazole rings is 1. The zero-order valence-corrected chi connectivity index (χ0v) is 11.6. The van der Waals surface area contributed by atoms with E-state index >= 15 is 0 Å². The molecule has 0 aliphatic rings. The molecular weight excluding hydrogens is 268 g/mol. The van der Waals surface area contributed by atoms with Gasteiger partial charge in [-0.1, -0.05) is 11.6 Å². The summed E-state index contributed by atoms with van der Waals surface area (Å²) in [7, 11) is 0. The van der Waals surface area contributed by atoms with Crippen LogP contribution in [0.3, 0.4) is 0 Å². The molecule has 0 aliphatic heterocycles. The predicted octanol–water partition coefficient (Wildman–Crippen LogP) is 3.29. The van der Waals surface area contributed by atoms with Gasteiger partial charge < -0.3 is 5.32 Å². The Morgan fingerprint density at radius 1 is 1.39 bits per heavy atom. The van der Waals surface area contributed by atoms with Gasteiger partial charge in [-0.3, -0.25) is 0 Å². The number of nitrogens with zero attached hydrogens (tertiary/aromatic N) is 3. The molecule has 1 N–H and O–H groups in total. The van der Waals surface area contributed by atoms with Crippen molar-refractivity contribution in [2.45, 2.75) is 20.4 Å². The fraction of sp³-hybridized carbons (Fsp3) is 0.250. The van der Waals surface area contributed by atoms with Crippen molar-refractivity contribution in [3.63, 3.8) is 0 Å². The highest BCUT2D eigenvalue weighted by molar-refractivity contribution is 7.11. The van der Waals surface area contributed by atoms with Crippen molar-refractivity contribution in [3.05, 3.63) is 38.4 Å². The van der Waals surface area contributed by atoms with E-state index in [1.54, 1.807) is 23.5 Å². The molecule has 2 aromatic heterocycles. The number of pyridine rings is 1. The molecule has 2 aromatic rings. The number of aryl methyl sites for hydroxylation is 2. The van der Waals surface area contributed by atoms with Crippen molar-refractivity contribution in [3.8, 4) is 6.07 Å². The fourth-order valence-corrected chi connectivity index (χ4v) is 2.51. The van der Waals surface area contributed by atoms with E-state index in [-0.39, 0.29) is 5.69 Å². The van der Waals surface area contributed by atoms with Crippen LogP contribution in [0.2, 0.25) is 5.02 Å². The first-order valence-corrected chi connectivity index (χ1v) is 6.53. The van der Waals surface area contributed by atoms with Gasteiger partial charge in [0.25, 0.3) is 0 Å². The SMILES string of the molecule is Cc1nc(CNc2ccc(Cl)c(C#N)n2)c(C)s1. The summed E-state index contributed by atoms with van der Waals surface area (Å²) in [5, 5.41) is 13.4. The van der Waals surface area contributed by atoms with E-state index in [0.29, 0.717) is 17.4 Å². The van der Waals surface area contributed by atoms with Crippen LogP contribution in [0.4, 0.5) is 5.82 Å². The minimum Gasteiger partial charge on any atom is -0.364 e. The van der Waals surface area contributed by atoms with Gasteiger partial charge in [0.05, 0.1) is 22.3 Å². The van der Waals surface area contributed by atoms with Crippen molar-refractivity contribution in [1.82, 2.24) is 9.97 Å². The van der Waals surface area contributed by atoms with Gasteiger partial charge in [-0.25, -0.2) is 9.97 Å². The molecule has 18 heavy (non-hydrogen) atoms. The van der Waals surface area contributed by atoms with Gasteiger partial charge in [0.15, 0.2) is 5.69 Å². The summed E-state index contributed by atoms with van der Waals surface area (Å²) in [6, 6.07) is 5.36. The molecule has 0 amide bonds. The van der Waals surface area contributed by atoms with Gasteiger partial charge in [-0.15, -0.1) is 11.3 Å². The Morgan fingerprint density at radius 2 is 2.17 bits per heavy atom. The maximum Gasteiger partial charge on any atom is 0.161 e. The van der Waals surface area contributed by atoms with E-state index in [4.69, 9.17) is 16.9 Å². The molecule has 2 heterocycles. The van der Waals surface area contributed by atoms with Crippen LogP contribution >= 0.6 is 22.9 Å². The summed E-state index contributed by atoms with van der Waals surface area (Å²) < 4.78 is 0. The first kappa shape index (κ1) is 12.8. The highest BCUT2D eigenvalue weighted by Gasteiger charge is 2.06. The van der Waals surface area contributed by atoms with E-state index < -0.39 is 0 Å². The molecule has 4 nitrogen and oxygen atoms in total. The molecule has 0 saturated carbocycles. The van der Waals surface area contributed by atoms with Crippen LogP contribution in [-0.4, -0.2) is 9.97 Å². The lowest BCUT2D eigenvalue weighted by Gasteiger charge is -2.05. The number of nitriles is 1. The van der Waals surface area contributed by atoms with Gasteiger partial charge in [-0.05, 0) is 26.0 Å². The van der Waals surface area contributed by atoms with Crippen LogP contribution in [0.5, 0.6) is 0 Å². The van der Waals surface area contributed by atoms with Gasteiger partial charge in [0.2, 0.25) is 0 Å². The molecule has 2 rings (SSSR count). The number of anilines is 1. The van der Waals surface area contributed by atoms with Gasteiger partial charge in [0.1, 0.15) is 11.9 Å². The van der Waals surface area contributed by atoms with Gasteiger partial charge in [-0.2, -0.15) is 5.26 Å². The largest absolute Gasteiger partial charge is 0.364 e. The molecule has 0 saturated heterocycles. The quantitative estimate of drug-likeness (QED) is 0.936. The number of halogens is 1. The first-order chi connectivity index (χ1) is 8.60. The number of hydrogen-bond acceptors (Lipinski definition) is 5. The third-order valence-corrected chi connectivity index (χ3v) is 3.62. The van der Waals surface area contributed by atoms with E-state index in [9.17, 15) is 0 Å². The molecule has 0 aromatic carbocycles. The van der Waals surface area contributed by atoms with Crippen LogP contribution in [0.25, 0.3) is 0 Å². The summed E-state index contributed by atoms with van der Waals surface area (Å²) in [4.78, 5) is 9.73. The molecule has 92 valence electrons. The standard InChI is InChI=1S/C12H11ClN4S/c1-7-11(16-8(2)18-7)6-15-12-4-3-9(13)10(5-14)17-12/h3-4H,6H2,1-2H3,(H,15,17). The third kappa shape index (κ3) is 2.78. The van der Waals surface area contributed by atoms with Crippen LogP contribution in [0.15, 0.2) is 12.1 Å². The monoisotopic (exact) mass is 278 g/mol. The number of hydrogen-bond donors (Lipinski definition) is 1. The second-order valence-corrected chi connectivity index (χ2v) is 5.54. The summed E-state index contributed by atoms with van der Waals surface area (Å²) in [6.45, 7) is 4.61. The normalized spacial score (nSPS) is 10.1. The Morgan fingerprint density at radius 3 is 2.78 bits per heavy atom. The van der Waals surface area contributed by atoms with Crippen LogP contribution < -0.4 is 5.32 Å². The molecule has 0 radical (unpaired) electrons. The van der Waals surface area contributed by atoms with Crippen LogP contribution in [-0.2, 0) is 6.54 Å². The van der Waals surface area contributed by atoms with E-state index in [1.807, 2.05) is 19.9 Å². The zero-order chi connectivity index (χ0) is 13.1. The summed E-state index contributed by atoms with van der Waals surface area (Å²) in [6.07, 6.45) is 0. The van der Waals surface area contributed by atoms with Gasteiger partial charge in [0, 0.05) is 4.88 Å². The molecule has 0 spiro atoms. The fourth-order valence-electron chi connectivity index (χ4n) is 1.53. The van der Waals surface area contributed by atoms with Crippen molar-refractivity contribution in [2.24, 2.45) is 0 Å². The Bertz CT molecular complexity index is 615. The lowest BCUT2D eigenvalue weighted by molar-refractivity contribution is 1.02. The van der Waals surface area contributed by atoms with Crippen LogP contribution in [0.1, 0.15) is 21.3 Å². The minimum absolute atomic E-state index is 0.229. The predicted molar refractivity (Wildman–Crippen MR) is 72.9 cm³/mol. The first-order valence-electron chi connectivity index (χ1n) is 5.33. The smallest absolute Gasteiger partial charge is 0.161 e. The van der Waals surface area contributed by atoms with Crippen molar-refractivity contribution < 1.29 is 0 Å². The number of nitrogens with one attached hydrogen (secondary N) is 1. The number of rotatable bonds is 3. The molecule has 0 unspecified atom stereocenters. The highest BCUT2D eigenvalue weighted by atomic mass is 35.5. The Labute approximate surface area is 114 Å².